The van der Waals surface area contributed by atoms with Crippen molar-refractivity contribution in [3.05, 3.63) is 130 Å². The third-order valence-electron chi connectivity index (χ3n) is 6.84. The van der Waals surface area contributed by atoms with Crippen LogP contribution in [-0.4, -0.2) is 44.3 Å². The molecule has 4 aromatic carbocycles. The zero-order valence-corrected chi connectivity index (χ0v) is 26.9. The zero-order chi connectivity index (χ0) is 30.8. The summed E-state index contributed by atoms with van der Waals surface area (Å²) in [6, 6.07) is 30.2. The van der Waals surface area contributed by atoms with E-state index in [1.165, 1.54) is 17.0 Å². The maximum atomic E-state index is 14.4. The van der Waals surface area contributed by atoms with Gasteiger partial charge in [-0.3, -0.25) is 13.9 Å². The van der Waals surface area contributed by atoms with Gasteiger partial charge in [-0.25, -0.2) is 8.42 Å². The summed E-state index contributed by atoms with van der Waals surface area (Å²) in [6.07, 6.45) is 0.950. The van der Waals surface area contributed by atoms with Crippen LogP contribution in [0.15, 0.2) is 119 Å². The topological polar surface area (TPSA) is 86.8 Å². The van der Waals surface area contributed by atoms with Gasteiger partial charge in [-0.15, -0.1) is 0 Å². The van der Waals surface area contributed by atoms with Crippen molar-refractivity contribution in [2.75, 3.05) is 17.4 Å². The second kappa shape index (κ2) is 15.2. The third-order valence-corrected chi connectivity index (χ3v) is 9.53. The van der Waals surface area contributed by atoms with Crippen LogP contribution < -0.4 is 9.62 Å². The molecule has 0 aliphatic heterocycles. The van der Waals surface area contributed by atoms with Crippen molar-refractivity contribution >= 4 is 55.1 Å². The Morgan fingerprint density at radius 2 is 1.47 bits per heavy atom. The van der Waals surface area contributed by atoms with Gasteiger partial charge in [0.1, 0.15) is 12.6 Å². The molecular weight excluding hydrogens is 650 g/mol. The van der Waals surface area contributed by atoms with E-state index < -0.39 is 28.5 Å². The second-order valence-corrected chi connectivity index (χ2v) is 13.1. The van der Waals surface area contributed by atoms with Crippen LogP contribution in [0.5, 0.6) is 0 Å². The summed E-state index contributed by atoms with van der Waals surface area (Å²) in [5, 5.41) is 3.37. The number of hydrogen-bond acceptors (Lipinski definition) is 4. The lowest BCUT2D eigenvalue weighted by Gasteiger charge is -2.34. The Morgan fingerprint density at radius 3 is 2.09 bits per heavy atom. The van der Waals surface area contributed by atoms with Crippen LogP contribution in [0.2, 0.25) is 5.02 Å². The highest BCUT2D eigenvalue weighted by atomic mass is 79.9. The van der Waals surface area contributed by atoms with Crippen LogP contribution in [0.4, 0.5) is 5.69 Å². The molecule has 7 nitrogen and oxygen atoms in total. The number of benzene rings is 4. The van der Waals surface area contributed by atoms with Crippen molar-refractivity contribution in [3.8, 4) is 0 Å². The Hall–Kier alpha value is -3.66. The highest BCUT2D eigenvalue weighted by Gasteiger charge is 2.34. The van der Waals surface area contributed by atoms with Crippen molar-refractivity contribution < 1.29 is 18.0 Å². The predicted octanol–water partition coefficient (Wildman–Crippen LogP) is 6.46. The number of rotatable bonds is 13. The molecule has 0 aliphatic carbocycles. The molecule has 1 N–H and O–H groups in total. The summed E-state index contributed by atoms with van der Waals surface area (Å²) in [5.74, 6) is -0.873. The maximum absolute atomic E-state index is 14.4. The number of nitrogens with one attached hydrogen (secondary N) is 1. The fourth-order valence-corrected chi connectivity index (χ4v) is 6.48. The van der Waals surface area contributed by atoms with Crippen molar-refractivity contribution in [2.45, 2.75) is 37.2 Å². The molecule has 2 amide bonds. The summed E-state index contributed by atoms with van der Waals surface area (Å²) in [6.45, 7) is 1.86. The van der Waals surface area contributed by atoms with Crippen molar-refractivity contribution in [2.24, 2.45) is 0 Å². The van der Waals surface area contributed by atoms with Gasteiger partial charge in [-0.1, -0.05) is 101 Å². The molecule has 0 aromatic heterocycles. The summed E-state index contributed by atoms with van der Waals surface area (Å²) in [7, 11) is -4.15. The third kappa shape index (κ3) is 8.46. The number of sulfonamides is 1. The Balaban J connectivity index is 1.79. The van der Waals surface area contributed by atoms with Gasteiger partial charge in [-0.2, -0.15) is 0 Å². The van der Waals surface area contributed by atoms with Gasteiger partial charge >= 0.3 is 0 Å². The molecule has 1 atom stereocenters. The first kappa shape index (κ1) is 32.3. The molecule has 224 valence electrons. The van der Waals surface area contributed by atoms with E-state index in [4.69, 9.17) is 11.6 Å². The van der Waals surface area contributed by atoms with E-state index in [1.54, 1.807) is 66.7 Å². The first-order chi connectivity index (χ1) is 20.7. The standard InChI is InChI=1S/C33H33BrClN3O4S/c1-2-21-36-33(40)31(22-25-11-5-3-6-12-25)37(23-26-13-9-10-16-30(26)35)32(39)24-38(28-19-17-27(34)18-20-28)43(41,42)29-14-7-4-8-15-29/h3-20,31H,2,21-24H2,1H3,(H,36,40)/t31-/m1/s1. The number of amides is 2. The van der Waals surface area contributed by atoms with Gasteiger partial charge < -0.3 is 10.2 Å². The lowest BCUT2D eigenvalue weighted by Crippen LogP contribution is -2.53. The SMILES string of the molecule is CCCNC(=O)[C@@H](Cc1ccccc1)N(Cc1ccccc1Cl)C(=O)CN(c1ccc(Br)cc1)S(=O)(=O)c1ccccc1. The summed E-state index contributed by atoms with van der Waals surface area (Å²) in [4.78, 5) is 29.5. The largest absolute Gasteiger partial charge is 0.354 e. The van der Waals surface area contributed by atoms with Crippen LogP contribution in [0.3, 0.4) is 0 Å². The van der Waals surface area contributed by atoms with Gasteiger partial charge in [0.25, 0.3) is 10.0 Å². The van der Waals surface area contributed by atoms with Crippen molar-refractivity contribution in [1.29, 1.82) is 0 Å². The van der Waals surface area contributed by atoms with E-state index in [1.807, 2.05) is 37.3 Å². The van der Waals surface area contributed by atoms with Crippen LogP contribution in [-0.2, 0) is 32.6 Å². The predicted molar refractivity (Wildman–Crippen MR) is 174 cm³/mol. The molecule has 0 heterocycles. The summed E-state index contributed by atoms with van der Waals surface area (Å²) in [5.41, 5.74) is 1.81. The monoisotopic (exact) mass is 681 g/mol. The first-order valence-electron chi connectivity index (χ1n) is 13.9. The van der Waals surface area contributed by atoms with Gasteiger partial charge in [0.2, 0.25) is 11.8 Å². The Labute approximate surface area is 266 Å². The van der Waals surface area contributed by atoms with E-state index in [0.29, 0.717) is 22.8 Å². The molecule has 0 fully saturated rings. The lowest BCUT2D eigenvalue weighted by atomic mass is 10.0. The normalized spacial score (nSPS) is 11.9. The molecule has 0 saturated carbocycles. The minimum Gasteiger partial charge on any atom is -0.354 e. The van der Waals surface area contributed by atoms with Crippen molar-refractivity contribution in [1.82, 2.24) is 10.2 Å². The highest BCUT2D eigenvalue weighted by molar-refractivity contribution is 9.10. The number of anilines is 1. The number of halogens is 2. The number of carbonyl (C=O) groups is 2. The first-order valence-corrected chi connectivity index (χ1v) is 16.5. The molecule has 0 aliphatic rings. The number of carbonyl (C=O) groups excluding carboxylic acids is 2. The molecule has 4 rings (SSSR count). The summed E-state index contributed by atoms with van der Waals surface area (Å²) < 4.78 is 29.8. The molecule has 0 unspecified atom stereocenters. The smallest absolute Gasteiger partial charge is 0.264 e. The lowest BCUT2D eigenvalue weighted by molar-refractivity contribution is -0.140. The summed E-state index contributed by atoms with van der Waals surface area (Å²) >= 11 is 9.92. The highest BCUT2D eigenvalue weighted by Crippen LogP contribution is 2.27. The van der Waals surface area contributed by atoms with E-state index in [2.05, 4.69) is 21.2 Å². The molecule has 4 aromatic rings. The quantitative estimate of drug-likeness (QED) is 0.175. The Bertz CT molecular complexity index is 1620. The van der Waals surface area contributed by atoms with Gasteiger partial charge in [0.15, 0.2) is 0 Å². The zero-order valence-electron chi connectivity index (χ0n) is 23.7. The molecule has 0 radical (unpaired) electrons. The Morgan fingerprint density at radius 1 is 0.860 bits per heavy atom. The van der Waals surface area contributed by atoms with Gasteiger partial charge in [0.05, 0.1) is 10.6 Å². The van der Waals surface area contributed by atoms with Gasteiger partial charge in [-0.05, 0) is 60.0 Å². The van der Waals surface area contributed by atoms with E-state index in [9.17, 15) is 18.0 Å². The minimum atomic E-state index is -4.15. The molecule has 0 saturated heterocycles. The maximum Gasteiger partial charge on any atom is 0.264 e. The van der Waals surface area contributed by atoms with Gasteiger partial charge in [0, 0.05) is 29.0 Å². The number of nitrogens with zero attached hydrogens (tertiary/aromatic N) is 2. The van der Waals surface area contributed by atoms with E-state index in [0.717, 1.165) is 20.8 Å². The average molecular weight is 683 g/mol. The van der Waals surface area contributed by atoms with Crippen LogP contribution in [0, 0.1) is 0 Å². The van der Waals surface area contributed by atoms with Crippen molar-refractivity contribution in [3.63, 3.8) is 0 Å². The fraction of sp³-hybridized carbons (Fsp3) is 0.212. The Kier molecular flexibility index (Phi) is 11.4. The fourth-order valence-electron chi connectivity index (χ4n) is 4.59. The van der Waals surface area contributed by atoms with Crippen LogP contribution in [0.1, 0.15) is 24.5 Å². The van der Waals surface area contributed by atoms with E-state index >= 15 is 0 Å². The van der Waals surface area contributed by atoms with Crippen LogP contribution >= 0.6 is 27.5 Å². The molecule has 43 heavy (non-hydrogen) atoms. The minimum absolute atomic E-state index is 0.00904. The van der Waals surface area contributed by atoms with Crippen LogP contribution in [0.25, 0.3) is 0 Å². The number of hydrogen-bond donors (Lipinski definition) is 1. The second-order valence-electron chi connectivity index (χ2n) is 9.91. The molecule has 0 bridgehead atoms. The average Bonchev–Trinajstić information content (AvgIpc) is 3.02. The van der Waals surface area contributed by atoms with E-state index in [-0.39, 0.29) is 23.8 Å². The molecule has 0 spiro atoms. The molecular formula is C33H33BrClN3O4S. The molecule has 10 heteroatoms.